The molecule has 3 amide bonds. The number of anilines is 2. The molecule has 2 aliphatic heterocycles. The van der Waals surface area contributed by atoms with Gasteiger partial charge in [-0.05, 0) is 43.2 Å². The van der Waals surface area contributed by atoms with Crippen LogP contribution in [0.1, 0.15) is 11.1 Å². The minimum Gasteiger partial charge on any atom is -0.324 e. The van der Waals surface area contributed by atoms with Gasteiger partial charge in [0.05, 0.1) is 5.69 Å². The number of aryl methyl sites for hydroxylation is 1. The molecular formula is C20H17F2N5O3. The molecule has 1 N–H and O–H groups in total. The van der Waals surface area contributed by atoms with Gasteiger partial charge in [-0.25, -0.2) is 13.7 Å². The van der Waals surface area contributed by atoms with Crippen molar-refractivity contribution in [3.05, 3.63) is 59.2 Å². The van der Waals surface area contributed by atoms with Crippen LogP contribution in [0, 0.1) is 25.5 Å². The molecule has 4 rings (SSSR count). The minimum absolute atomic E-state index is 0.103. The number of fused-ring (bicyclic) bond motifs is 1. The number of halogens is 2. The molecule has 2 aromatic carbocycles. The molecule has 2 heterocycles. The number of imide groups is 1. The first-order chi connectivity index (χ1) is 14.3. The molecule has 0 aromatic heterocycles. The van der Waals surface area contributed by atoms with Gasteiger partial charge in [0.2, 0.25) is 5.91 Å². The molecule has 1 saturated heterocycles. The first-order valence-electron chi connectivity index (χ1n) is 9.14. The van der Waals surface area contributed by atoms with Gasteiger partial charge in [-0.1, -0.05) is 17.4 Å². The van der Waals surface area contributed by atoms with E-state index >= 15 is 0 Å². The Morgan fingerprint density at radius 1 is 1.10 bits per heavy atom. The van der Waals surface area contributed by atoms with Crippen molar-refractivity contribution >= 4 is 29.1 Å². The van der Waals surface area contributed by atoms with Crippen LogP contribution in [0.3, 0.4) is 0 Å². The fourth-order valence-electron chi connectivity index (χ4n) is 3.46. The molecule has 2 aliphatic rings. The Balaban J connectivity index is 1.51. The zero-order chi connectivity index (χ0) is 21.6. The number of hydrogen-bond donors (Lipinski definition) is 1. The molecule has 2 aromatic rings. The number of nitrogens with zero attached hydrogens (tertiary/aromatic N) is 4. The topological polar surface area (TPSA) is 94.4 Å². The zero-order valence-corrected chi connectivity index (χ0v) is 16.1. The zero-order valence-electron chi connectivity index (χ0n) is 16.1. The lowest BCUT2D eigenvalue weighted by Gasteiger charge is -2.20. The van der Waals surface area contributed by atoms with Crippen molar-refractivity contribution < 1.29 is 23.2 Å². The third-order valence-electron chi connectivity index (χ3n) is 5.20. The highest BCUT2D eigenvalue weighted by atomic mass is 19.2. The first kappa shape index (κ1) is 19.6. The number of rotatable bonds is 4. The van der Waals surface area contributed by atoms with Crippen molar-refractivity contribution in [3.63, 3.8) is 0 Å². The maximum absolute atomic E-state index is 13.6. The number of carbonyl (C=O) groups is 3. The summed E-state index contributed by atoms with van der Waals surface area (Å²) in [6.07, 6.45) is 0. The molecule has 8 nitrogen and oxygen atoms in total. The third kappa shape index (κ3) is 3.19. The maximum atomic E-state index is 13.6. The van der Waals surface area contributed by atoms with Crippen molar-refractivity contribution in [2.45, 2.75) is 25.9 Å². The predicted molar refractivity (Wildman–Crippen MR) is 103 cm³/mol. The van der Waals surface area contributed by atoms with Crippen LogP contribution in [-0.4, -0.2) is 41.4 Å². The lowest BCUT2D eigenvalue weighted by molar-refractivity contribution is -0.123. The van der Waals surface area contributed by atoms with Crippen molar-refractivity contribution in [2.24, 2.45) is 10.3 Å². The number of carbonyl (C=O) groups excluding carboxylic acids is 3. The molecule has 154 valence electrons. The normalized spacial score (nSPS) is 20.1. The molecule has 30 heavy (non-hydrogen) atoms. The Bertz CT molecular complexity index is 1100. The number of nitrogens with one attached hydrogen (secondary N) is 1. The third-order valence-corrected chi connectivity index (χ3v) is 5.20. The summed E-state index contributed by atoms with van der Waals surface area (Å²) in [6.45, 7) is 3.48. The second kappa shape index (κ2) is 7.29. The quantitative estimate of drug-likeness (QED) is 0.780. The van der Waals surface area contributed by atoms with E-state index in [4.69, 9.17) is 0 Å². The van der Waals surface area contributed by atoms with E-state index in [0.717, 1.165) is 39.2 Å². The highest BCUT2D eigenvalue weighted by Gasteiger charge is 2.55. The van der Waals surface area contributed by atoms with E-state index in [2.05, 4.69) is 15.7 Å². The molecule has 0 aliphatic carbocycles. The van der Waals surface area contributed by atoms with Crippen LogP contribution in [0.2, 0.25) is 0 Å². The summed E-state index contributed by atoms with van der Waals surface area (Å²) in [6, 6.07) is 5.95. The van der Waals surface area contributed by atoms with E-state index in [1.165, 1.54) is 0 Å². The summed E-state index contributed by atoms with van der Waals surface area (Å²) in [4.78, 5) is 38.7. The summed E-state index contributed by atoms with van der Waals surface area (Å²) in [5.41, 5.74) is 2.44. The van der Waals surface area contributed by atoms with Gasteiger partial charge in [0.15, 0.2) is 23.7 Å². The number of benzene rings is 2. The van der Waals surface area contributed by atoms with Crippen LogP contribution in [0.4, 0.5) is 20.2 Å². The van der Waals surface area contributed by atoms with Gasteiger partial charge in [0, 0.05) is 11.8 Å². The highest BCUT2D eigenvalue weighted by molar-refractivity contribution is 6.25. The highest BCUT2D eigenvalue weighted by Crippen LogP contribution is 2.32. The van der Waals surface area contributed by atoms with Crippen LogP contribution in [0.25, 0.3) is 0 Å². The second-order valence-electron chi connectivity index (χ2n) is 7.10. The molecule has 0 bridgehead atoms. The van der Waals surface area contributed by atoms with Crippen molar-refractivity contribution in [1.29, 1.82) is 0 Å². The van der Waals surface area contributed by atoms with Crippen LogP contribution in [0.15, 0.2) is 46.7 Å². The smallest absolute Gasteiger partial charge is 0.263 e. The maximum Gasteiger partial charge on any atom is 0.263 e. The largest absolute Gasteiger partial charge is 0.324 e. The van der Waals surface area contributed by atoms with Crippen LogP contribution in [0.5, 0.6) is 0 Å². The van der Waals surface area contributed by atoms with Crippen molar-refractivity contribution in [2.75, 3.05) is 16.8 Å². The Morgan fingerprint density at radius 2 is 1.87 bits per heavy atom. The average Bonchev–Trinajstić information content (AvgIpc) is 3.21. The van der Waals surface area contributed by atoms with Crippen LogP contribution < -0.4 is 10.2 Å². The van der Waals surface area contributed by atoms with Gasteiger partial charge in [0.25, 0.3) is 11.8 Å². The predicted octanol–water partition coefficient (Wildman–Crippen LogP) is 2.51. The van der Waals surface area contributed by atoms with Gasteiger partial charge in [-0.2, -0.15) is 5.11 Å². The summed E-state index contributed by atoms with van der Waals surface area (Å²) in [7, 11) is 0. The Kier molecular flexibility index (Phi) is 4.76. The molecule has 0 saturated carbocycles. The van der Waals surface area contributed by atoms with Gasteiger partial charge in [-0.3, -0.25) is 19.4 Å². The Hall–Kier alpha value is -3.69. The van der Waals surface area contributed by atoms with Gasteiger partial charge >= 0.3 is 0 Å². The van der Waals surface area contributed by atoms with Crippen LogP contribution in [-0.2, 0) is 14.4 Å². The van der Waals surface area contributed by atoms with E-state index in [0.29, 0.717) is 5.69 Å². The Morgan fingerprint density at radius 3 is 2.60 bits per heavy atom. The number of hydrogen-bond acceptors (Lipinski definition) is 6. The van der Waals surface area contributed by atoms with E-state index in [9.17, 15) is 23.2 Å². The molecule has 0 spiro atoms. The average molecular weight is 413 g/mol. The summed E-state index contributed by atoms with van der Waals surface area (Å²) in [5.74, 6) is -4.13. The van der Waals surface area contributed by atoms with Gasteiger partial charge in [-0.15, -0.1) is 0 Å². The van der Waals surface area contributed by atoms with Gasteiger partial charge < -0.3 is 5.32 Å². The summed E-state index contributed by atoms with van der Waals surface area (Å²) in [5, 5.41) is 11.5. The van der Waals surface area contributed by atoms with Crippen molar-refractivity contribution in [3.8, 4) is 0 Å². The molecule has 0 radical (unpaired) electrons. The SMILES string of the molecule is Cc1cccc(NC(=O)CN2N=N[C@H]3C(=O)N(c4ccc(F)c(F)c4)C(=O)[C@@H]32)c1C. The Labute approximate surface area is 170 Å². The van der Waals surface area contributed by atoms with Crippen LogP contribution >= 0.6 is 0 Å². The van der Waals surface area contributed by atoms with Gasteiger partial charge in [0.1, 0.15) is 6.54 Å². The number of amides is 3. The first-order valence-corrected chi connectivity index (χ1v) is 9.14. The standard InChI is InChI=1S/C20H17F2N5O3/c1-10-4-3-5-15(11(10)2)23-16(28)9-26-18-17(24-25-26)19(29)27(20(18)30)12-6-7-13(21)14(22)8-12/h3-8,17-18H,9H2,1-2H3,(H,23,28)/t17-,18-/m1/s1. The van der Waals surface area contributed by atoms with E-state index in [1.54, 1.807) is 6.07 Å². The fraction of sp³-hybridized carbons (Fsp3) is 0.250. The molecule has 10 heteroatoms. The fourth-order valence-corrected chi connectivity index (χ4v) is 3.46. The van der Waals surface area contributed by atoms with E-state index in [1.807, 2.05) is 26.0 Å². The van der Waals surface area contributed by atoms with E-state index in [-0.39, 0.29) is 12.2 Å². The lowest BCUT2D eigenvalue weighted by Crippen LogP contribution is -2.43. The molecule has 1 fully saturated rings. The molecule has 2 atom stereocenters. The summed E-state index contributed by atoms with van der Waals surface area (Å²) >= 11 is 0. The minimum atomic E-state index is -1.18. The van der Waals surface area contributed by atoms with Crippen molar-refractivity contribution in [1.82, 2.24) is 5.01 Å². The molecular weight excluding hydrogens is 396 g/mol. The second-order valence-corrected chi connectivity index (χ2v) is 7.10. The summed E-state index contributed by atoms with van der Waals surface area (Å²) < 4.78 is 26.8. The lowest BCUT2D eigenvalue weighted by atomic mass is 10.1. The molecule has 0 unspecified atom stereocenters. The monoisotopic (exact) mass is 413 g/mol. The van der Waals surface area contributed by atoms with E-state index < -0.39 is 41.4 Å².